The van der Waals surface area contributed by atoms with Crippen LogP contribution in [0, 0.1) is 17.8 Å². The van der Waals surface area contributed by atoms with Crippen molar-refractivity contribution >= 4 is 11.9 Å². The topological polar surface area (TPSA) is 66.4 Å². The third-order valence-electron chi connectivity index (χ3n) is 4.62. The molecule has 4 heteroatoms. The van der Waals surface area contributed by atoms with E-state index in [9.17, 15) is 9.59 Å². The lowest BCUT2D eigenvalue weighted by molar-refractivity contribution is -0.137. The maximum Gasteiger partial charge on any atom is 0.303 e. The molecule has 0 spiro atoms. The molecule has 4 nitrogen and oxygen atoms in total. The summed E-state index contributed by atoms with van der Waals surface area (Å²) in [6.07, 6.45) is 6.16. The van der Waals surface area contributed by atoms with E-state index in [4.69, 9.17) is 5.11 Å². The molecule has 0 aromatic rings. The zero-order valence-electron chi connectivity index (χ0n) is 11.0. The van der Waals surface area contributed by atoms with Gasteiger partial charge >= 0.3 is 5.97 Å². The Kier molecular flexibility index (Phi) is 4.25. The lowest BCUT2D eigenvalue weighted by atomic mass is 9.84. The fraction of sp³-hybridized carbons (Fsp3) is 0.857. The summed E-state index contributed by atoms with van der Waals surface area (Å²) >= 11 is 0. The van der Waals surface area contributed by atoms with E-state index < -0.39 is 5.97 Å². The maximum atomic E-state index is 11.7. The SMILES string of the molecule is CC(NC(=O)CCCC(=O)O)C1CC2CCC1C2. The predicted octanol–water partition coefficient (Wildman–Crippen LogP) is 2.18. The van der Waals surface area contributed by atoms with Crippen molar-refractivity contribution in [1.82, 2.24) is 5.32 Å². The maximum absolute atomic E-state index is 11.7. The molecule has 4 atom stereocenters. The van der Waals surface area contributed by atoms with Gasteiger partial charge in [-0.25, -0.2) is 0 Å². The van der Waals surface area contributed by atoms with E-state index in [0.717, 1.165) is 11.8 Å². The Morgan fingerprint density at radius 3 is 2.61 bits per heavy atom. The van der Waals surface area contributed by atoms with Gasteiger partial charge < -0.3 is 10.4 Å². The van der Waals surface area contributed by atoms with Gasteiger partial charge in [0.15, 0.2) is 0 Å². The third kappa shape index (κ3) is 3.24. The smallest absolute Gasteiger partial charge is 0.303 e. The van der Waals surface area contributed by atoms with Crippen LogP contribution < -0.4 is 5.32 Å². The van der Waals surface area contributed by atoms with E-state index in [1.807, 2.05) is 0 Å². The summed E-state index contributed by atoms with van der Waals surface area (Å²) in [5.74, 6) is 1.53. The first-order chi connectivity index (χ1) is 8.56. The van der Waals surface area contributed by atoms with Crippen LogP contribution in [0.5, 0.6) is 0 Å². The van der Waals surface area contributed by atoms with Crippen LogP contribution in [-0.4, -0.2) is 23.0 Å². The van der Waals surface area contributed by atoms with Gasteiger partial charge in [-0.05, 0) is 50.4 Å². The van der Waals surface area contributed by atoms with Crippen LogP contribution in [-0.2, 0) is 9.59 Å². The van der Waals surface area contributed by atoms with Crippen molar-refractivity contribution < 1.29 is 14.7 Å². The standard InChI is InChI=1S/C14H23NO3/c1-9(12-8-10-5-6-11(12)7-10)15-13(16)3-2-4-14(17)18/h9-12H,2-8H2,1H3,(H,15,16)(H,17,18). The van der Waals surface area contributed by atoms with Gasteiger partial charge in [0.2, 0.25) is 5.91 Å². The van der Waals surface area contributed by atoms with Crippen molar-refractivity contribution in [3.8, 4) is 0 Å². The number of carbonyl (C=O) groups excluding carboxylic acids is 1. The molecule has 18 heavy (non-hydrogen) atoms. The van der Waals surface area contributed by atoms with Gasteiger partial charge in [-0.1, -0.05) is 6.42 Å². The minimum atomic E-state index is -0.830. The summed E-state index contributed by atoms with van der Waals surface area (Å²) in [4.78, 5) is 22.1. The van der Waals surface area contributed by atoms with Gasteiger partial charge in [-0.15, -0.1) is 0 Å². The zero-order chi connectivity index (χ0) is 13.1. The van der Waals surface area contributed by atoms with Crippen LogP contribution in [0.2, 0.25) is 0 Å². The van der Waals surface area contributed by atoms with Gasteiger partial charge in [0.05, 0.1) is 0 Å². The third-order valence-corrected chi connectivity index (χ3v) is 4.62. The largest absolute Gasteiger partial charge is 0.481 e. The number of nitrogens with one attached hydrogen (secondary N) is 1. The molecule has 1 amide bonds. The van der Waals surface area contributed by atoms with Crippen molar-refractivity contribution in [1.29, 1.82) is 0 Å². The number of fused-ring (bicyclic) bond motifs is 2. The molecule has 2 fully saturated rings. The molecule has 4 unspecified atom stereocenters. The Morgan fingerprint density at radius 2 is 2.06 bits per heavy atom. The van der Waals surface area contributed by atoms with E-state index in [1.165, 1.54) is 25.7 Å². The first kappa shape index (κ1) is 13.4. The average Bonchev–Trinajstić information content (AvgIpc) is 2.89. The second-order valence-electron chi connectivity index (χ2n) is 5.94. The lowest BCUT2D eigenvalue weighted by Crippen LogP contribution is -2.40. The van der Waals surface area contributed by atoms with E-state index >= 15 is 0 Å². The molecule has 2 N–H and O–H groups in total. The monoisotopic (exact) mass is 253 g/mol. The van der Waals surface area contributed by atoms with Crippen LogP contribution in [0.3, 0.4) is 0 Å². The first-order valence-corrected chi connectivity index (χ1v) is 7.07. The normalized spacial score (nSPS) is 31.3. The fourth-order valence-corrected chi connectivity index (χ4v) is 3.74. The van der Waals surface area contributed by atoms with Crippen LogP contribution in [0.15, 0.2) is 0 Å². The number of aliphatic carboxylic acids is 1. The zero-order valence-corrected chi connectivity index (χ0v) is 11.0. The second kappa shape index (κ2) is 5.72. The Bertz CT molecular complexity index is 329. The summed E-state index contributed by atoms with van der Waals surface area (Å²) in [6, 6.07) is 0.248. The van der Waals surface area contributed by atoms with Gasteiger partial charge in [-0.3, -0.25) is 9.59 Å². The van der Waals surface area contributed by atoms with Crippen LogP contribution in [0.1, 0.15) is 51.9 Å². The van der Waals surface area contributed by atoms with Crippen LogP contribution in [0.25, 0.3) is 0 Å². The summed E-state index contributed by atoms with van der Waals surface area (Å²) in [5.41, 5.74) is 0. The molecular formula is C14H23NO3. The highest BCUT2D eigenvalue weighted by Gasteiger charge is 2.41. The van der Waals surface area contributed by atoms with Gasteiger partial charge in [0.1, 0.15) is 0 Å². The highest BCUT2D eigenvalue weighted by molar-refractivity contribution is 5.77. The second-order valence-corrected chi connectivity index (χ2v) is 5.94. The lowest BCUT2D eigenvalue weighted by Gasteiger charge is -2.28. The van der Waals surface area contributed by atoms with Gasteiger partial charge in [-0.2, -0.15) is 0 Å². The van der Waals surface area contributed by atoms with E-state index in [-0.39, 0.29) is 18.4 Å². The fourth-order valence-electron chi connectivity index (χ4n) is 3.74. The van der Waals surface area contributed by atoms with Crippen molar-refractivity contribution in [3.05, 3.63) is 0 Å². The summed E-state index contributed by atoms with van der Waals surface area (Å²) in [7, 11) is 0. The molecule has 2 saturated carbocycles. The number of carboxylic acids is 1. The van der Waals surface area contributed by atoms with Crippen molar-refractivity contribution in [2.75, 3.05) is 0 Å². The summed E-state index contributed by atoms with van der Waals surface area (Å²) in [6.45, 7) is 2.10. The Balaban J connectivity index is 1.69. The highest BCUT2D eigenvalue weighted by Crippen LogP contribution is 2.49. The number of hydrogen-bond acceptors (Lipinski definition) is 2. The van der Waals surface area contributed by atoms with Crippen molar-refractivity contribution in [3.63, 3.8) is 0 Å². The molecule has 102 valence electrons. The van der Waals surface area contributed by atoms with E-state index in [0.29, 0.717) is 18.8 Å². The van der Waals surface area contributed by atoms with Crippen LogP contribution >= 0.6 is 0 Å². The van der Waals surface area contributed by atoms with E-state index in [2.05, 4.69) is 12.2 Å². The number of rotatable bonds is 6. The number of carboxylic acid groups (broad SMARTS) is 1. The first-order valence-electron chi connectivity index (χ1n) is 7.07. The van der Waals surface area contributed by atoms with Crippen molar-refractivity contribution in [2.45, 2.75) is 57.9 Å². The molecule has 2 rings (SSSR count). The minimum absolute atomic E-state index is 0.00604. The van der Waals surface area contributed by atoms with Crippen LogP contribution in [0.4, 0.5) is 0 Å². The Hall–Kier alpha value is -1.06. The number of amides is 1. The molecule has 0 saturated heterocycles. The summed E-state index contributed by atoms with van der Waals surface area (Å²) in [5, 5.41) is 11.6. The van der Waals surface area contributed by atoms with Crippen molar-refractivity contribution in [2.24, 2.45) is 17.8 Å². The molecule has 0 radical (unpaired) electrons. The van der Waals surface area contributed by atoms with E-state index in [1.54, 1.807) is 0 Å². The molecule has 0 aromatic carbocycles. The van der Waals surface area contributed by atoms with Gasteiger partial charge in [0, 0.05) is 18.9 Å². The number of hydrogen-bond donors (Lipinski definition) is 2. The molecule has 0 aliphatic heterocycles. The predicted molar refractivity (Wildman–Crippen MR) is 68.0 cm³/mol. The Labute approximate surface area is 108 Å². The Morgan fingerprint density at radius 1 is 1.28 bits per heavy atom. The quantitative estimate of drug-likeness (QED) is 0.762. The molecular weight excluding hydrogens is 230 g/mol. The molecule has 2 bridgehead atoms. The molecule has 2 aliphatic rings. The average molecular weight is 253 g/mol. The number of carbonyl (C=O) groups is 2. The van der Waals surface area contributed by atoms with Gasteiger partial charge in [0.25, 0.3) is 0 Å². The minimum Gasteiger partial charge on any atom is -0.481 e. The molecule has 2 aliphatic carbocycles. The highest BCUT2D eigenvalue weighted by atomic mass is 16.4. The molecule has 0 heterocycles. The summed E-state index contributed by atoms with van der Waals surface area (Å²) < 4.78 is 0. The molecule has 0 aromatic heterocycles.